The van der Waals surface area contributed by atoms with Gasteiger partial charge in [0.2, 0.25) is 0 Å². The largest absolute Gasteiger partial charge is 0.421 e. The monoisotopic (exact) mass is 408 g/mol. The lowest BCUT2D eigenvalue weighted by molar-refractivity contribution is 0.347. The maximum Gasteiger partial charge on any atom is 0.288 e. The molecule has 3 aromatic rings. The van der Waals surface area contributed by atoms with Gasteiger partial charge in [0.05, 0.1) is 0 Å². The van der Waals surface area contributed by atoms with Crippen molar-refractivity contribution in [1.82, 2.24) is 0 Å². The summed E-state index contributed by atoms with van der Waals surface area (Å²) in [6.45, 7) is 9.26. The van der Waals surface area contributed by atoms with E-state index in [-0.39, 0.29) is 0 Å². The molecule has 4 heteroatoms. The van der Waals surface area contributed by atoms with Crippen LogP contribution in [0.5, 0.6) is 0 Å². The topological polar surface area (TPSA) is 18.5 Å². The van der Waals surface area contributed by atoms with E-state index in [2.05, 4.69) is 118 Å². The van der Waals surface area contributed by atoms with Gasteiger partial charge in [0, 0.05) is 13.7 Å². The van der Waals surface area contributed by atoms with Crippen molar-refractivity contribution in [3.63, 3.8) is 0 Å². The average molecular weight is 409 g/mol. The normalized spacial score (nSPS) is 11.5. The fourth-order valence-electron chi connectivity index (χ4n) is 2.99. The molecule has 2 nitrogen and oxygen atoms in total. The second-order valence-corrected chi connectivity index (χ2v) is 15.5. The Labute approximate surface area is 172 Å². The van der Waals surface area contributed by atoms with Gasteiger partial charge in [-0.25, -0.2) is 0 Å². The molecule has 0 atom stereocenters. The minimum absolute atomic E-state index is 0.699. The SMILES string of the molecule is CCO[Si](c1ccccc1)(c1ccccc1)c1ccccc1.CO[Si](C)(C)C. The molecule has 0 aromatic heterocycles. The second-order valence-electron chi connectivity index (χ2n) is 7.53. The summed E-state index contributed by atoms with van der Waals surface area (Å²) in [7, 11) is -1.78. The van der Waals surface area contributed by atoms with Gasteiger partial charge in [0.25, 0.3) is 8.32 Å². The van der Waals surface area contributed by atoms with E-state index in [1.165, 1.54) is 15.6 Å². The highest BCUT2D eigenvalue weighted by molar-refractivity contribution is 7.07. The molecule has 148 valence electrons. The van der Waals surface area contributed by atoms with Gasteiger partial charge >= 0.3 is 0 Å². The van der Waals surface area contributed by atoms with Crippen molar-refractivity contribution in [2.75, 3.05) is 13.7 Å². The molecule has 3 rings (SSSR count). The third kappa shape index (κ3) is 5.75. The van der Waals surface area contributed by atoms with Crippen LogP contribution in [0.15, 0.2) is 91.0 Å². The standard InChI is InChI=1S/C20H20OSi.C4H12OSi/c1-2-21-22(18-12-6-3-7-13-18,19-14-8-4-9-15-19)20-16-10-5-11-17-20;1-5-6(2,3)4/h3-17H,2H2,1H3;1-4H3. The van der Waals surface area contributed by atoms with E-state index < -0.39 is 16.6 Å². The molecule has 0 aliphatic heterocycles. The van der Waals surface area contributed by atoms with Crippen molar-refractivity contribution >= 4 is 32.2 Å². The Morgan fingerprint density at radius 1 is 0.607 bits per heavy atom. The Kier molecular flexibility index (Phi) is 8.39. The van der Waals surface area contributed by atoms with Gasteiger partial charge in [-0.05, 0) is 42.1 Å². The number of hydrogen-bond acceptors (Lipinski definition) is 2. The van der Waals surface area contributed by atoms with Gasteiger partial charge in [0.15, 0.2) is 8.32 Å². The molecule has 0 aliphatic carbocycles. The summed E-state index contributed by atoms with van der Waals surface area (Å²) in [5.74, 6) is 0. The van der Waals surface area contributed by atoms with Gasteiger partial charge in [0.1, 0.15) is 0 Å². The zero-order valence-electron chi connectivity index (χ0n) is 17.7. The molecule has 0 saturated heterocycles. The molecular weight excluding hydrogens is 376 g/mol. The zero-order chi connectivity index (χ0) is 20.5. The van der Waals surface area contributed by atoms with Crippen LogP contribution in [0.3, 0.4) is 0 Å². The number of rotatable bonds is 6. The molecule has 0 heterocycles. The summed E-state index contributed by atoms with van der Waals surface area (Å²) in [6.07, 6.45) is 0. The van der Waals surface area contributed by atoms with Crippen molar-refractivity contribution in [3.05, 3.63) is 91.0 Å². The van der Waals surface area contributed by atoms with Crippen LogP contribution in [-0.2, 0) is 8.85 Å². The van der Waals surface area contributed by atoms with Crippen molar-refractivity contribution in [3.8, 4) is 0 Å². The third-order valence-electron chi connectivity index (χ3n) is 4.51. The van der Waals surface area contributed by atoms with Gasteiger partial charge in [-0.15, -0.1) is 0 Å². The maximum absolute atomic E-state index is 6.53. The molecule has 0 radical (unpaired) electrons. The van der Waals surface area contributed by atoms with Crippen LogP contribution < -0.4 is 15.6 Å². The van der Waals surface area contributed by atoms with E-state index in [4.69, 9.17) is 8.85 Å². The van der Waals surface area contributed by atoms with Crippen molar-refractivity contribution < 1.29 is 8.85 Å². The summed E-state index contributed by atoms with van der Waals surface area (Å²) < 4.78 is 11.6. The third-order valence-corrected chi connectivity index (χ3v) is 9.90. The Bertz CT molecular complexity index is 704. The van der Waals surface area contributed by atoms with Crippen LogP contribution in [0.25, 0.3) is 0 Å². The maximum atomic E-state index is 6.53. The molecular formula is C24H32O2Si2. The molecule has 0 amide bonds. The van der Waals surface area contributed by atoms with Crippen molar-refractivity contribution in [2.24, 2.45) is 0 Å². The first-order valence-corrected chi connectivity index (χ1v) is 15.1. The predicted molar refractivity (Wildman–Crippen MR) is 126 cm³/mol. The van der Waals surface area contributed by atoms with E-state index >= 15 is 0 Å². The van der Waals surface area contributed by atoms with Crippen LogP contribution in [0.1, 0.15) is 6.92 Å². The minimum Gasteiger partial charge on any atom is -0.421 e. The Hall–Kier alpha value is -1.99. The lowest BCUT2D eigenvalue weighted by Crippen LogP contribution is -2.69. The second kappa shape index (κ2) is 10.5. The molecule has 28 heavy (non-hydrogen) atoms. The smallest absolute Gasteiger partial charge is 0.288 e. The highest BCUT2D eigenvalue weighted by Gasteiger charge is 2.41. The van der Waals surface area contributed by atoms with E-state index in [1.54, 1.807) is 7.11 Å². The van der Waals surface area contributed by atoms with Crippen molar-refractivity contribution in [1.29, 1.82) is 0 Å². The summed E-state index contributed by atoms with van der Waals surface area (Å²) in [4.78, 5) is 0. The van der Waals surface area contributed by atoms with E-state index in [9.17, 15) is 0 Å². The molecule has 0 fully saturated rings. The number of benzene rings is 3. The molecule has 0 saturated carbocycles. The van der Waals surface area contributed by atoms with Crippen LogP contribution in [0, 0.1) is 0 Å². The average Bonchev–Trinajstić information content (AvgIpc) is 2.74. The molecule has 0 spiro atoms. The van der Waals surface area contributed by atoms with Gasteiger partial charge in [-0.1, -0.05) is 91.0 Å². The van der Waals surface area contributed by atoms with E-state index in [1.807, 2.05) is 0 Å². The first-order valence-electron chi connectivity index (χ1n) is 9.79. The zero-order valence-corrected chi connectivity index (χ0v) is 19.7. The van der Waals surface area contributed by atoms with Crippen LogP contribution in [0.4, 0.5) is 0 Å². The molecule has 3 aromatic carbocycles. The highest BCUT2D eigenvalue weighted by Crippen LogP contribution is 2.09. The fourth-order valence-corrected chi connectivity index (χ4v) is 6.90. The summed E-state index contributed by atoms with van der Waals surface area (Å²) in [5.41, 5.74) is 0. The first-order chi connectivity index (χ1) is 13.4. The predicted octanol–water partition coefficient (Wildman–Crippen LogP) is 4.16. The van der Waals surface area contributed by atoms with E-state index in [0.29, 0.717) is 6.61 Å². The molecule has 0 aliphatic rings. The summed E-state index contributed by atoms with van der Waals surface area (Å²) in [6, 6.07) is 32.0. The first kappa shape index (κ1) is 22.3. The molecule has 0 unspecified atom stereocenters. The Morgan fingerprint density at radius 2 is 0.893 bits per heavy atom. The van der Waals surface area contributed by atoms with E-state index in [0.717, 1.165) is 0 Å². The fraction of sp³-hybridized carbons (Fsp3) is 0.250. The van der Waals surface area contributed by atoms with Crippen LogP contribution in [-0.4, -0.2) is 30.4 Å². The van der Waals surface area contributed by atoms with Crippen molar-refractivity contribution in [2.45, 2.75) is 26.6 Å². The minimum atomic E-state index is -2.42. The van der Waals surface area contributed by atoms with Crippen LogP contribution in [0.2, 0.25) is 19.6 Å². The highest BCUT2D eigenvalue weighted by atomic mass is 28.4. The summed E-state index contributed by atoms with van der Waals surface area (Å²) >= 11 is 0. The lowest BCUT2D eigenvalue weighted by atomic mass is 10.3. The number of hydrogen-bond donors (Lipinski definition) is 0. The van der Waals surface area contributed by atoms with Gasteiger partial charge in [-0.2, -0.15) is 0 Å². The van der Waals surface area contributed by atoms with Gasteiger partial charge in [-0.3, -0.25) is 0 Å². The Morgan fingerprint density at radius 3 is 1.11 bits per heavy atom. The van der Waals surface area contributed by atoms with Gasteiger partial charge < -0.3 is 8.85 Å². The lowest BCUT2D eigenvalue weighted by Gasteiger charge is -2.32. The quantitative estimate of drug-likeness (QED) is 0.450. The molecule has 0 bridgehead atoms. The molecule has 0 N–H and O–H groups in total. The Balaban J connectivity index is 0.000000409. The van der Waals surface area contributed by atoms with Crippen LogP contribution >= 0.6 is 0 Å². The summed E-state index contributed by atoms with van der Waals surface area (Å²) in [5, 5.41) is 3.86.